The van der Waals surface area contributed by atoms with Crippen LogP contribution in [0.2, 0.25) is 0 Å². The number of benzene rings is 4. The molecular formula is C36H40BrN3O4S. The summed E-state index contributed by atoms with van der Waals surface area (Å²) in [6.07, 6.45) is 0.250. The molecule has 4 aromatic rings. The molecule has 7 nitrogen and oxygen atoms in total. The quantitative estimate of drug-likeness (QED) is 0.187. The van der Waals surface area contributed by atoms with Gasteiger partial charge in [-0.2, -0.15) is 0 Å². The standard InChI is InChI=1S/C36H40BrN3O4S/c1-26-20-27(2)22-31(21-26)40(45(43,44)32-14-10-7-11-15-32)25-34(41)39(24-29-16-18-30(37)19-17-29)33(35(42)38-36(3,4)5)23-28-12-8-6-9-13-28/h6-22,33H,23-25H2,1-5H3,(H,38,42)/t33-/m1/s1. The first-order chi connectivity index (χ1) is 21.2. The van der Waals surface area contributed by atoms with Gasteiger partial charge < -0.3 is 10.2 Å². The molecule has 0 heterocycles. The normalized spacial score (nSPS) is 12.3. The number of carbonyl (C=O) groups excluding carboxylic acids is 2. The second kappa shape index (κ2) is 14.4. The van der Waals surface area contributed by atoms with Crippen LogP contribution in [0.3, 0.4) is 0 Å². The largest absolute Gasteiger partial charge is 0.350 e. The monoisotopic (exact) mass is 689 g/mol. The lowest BCUT2D eigenvalue weighted by Crippen LogP contribution is -2.56. The zero-order valence-electron chi connectivity index (χ0n) is 26.3. The van der Waals surface area contributed by atoms with E-state index in [0.717, 1.165) is 31.0 Å². The van der Waals surface area contributed by atoms with Crippen molar-refractivity contribution < 1.29 is 18.0 Å². The van der Waals surface area contributed by atoms with Crippen molar-refractivity contribution in [2.24, 2.45) is 0 Å². The maximum atomic E-state index is 14.6. The molecule has 0 saturated carbocycles. The van der Waals surface area contributed by atoms with E-state index < -0.39 is 34.1 Å². The van der Waals surface area contributed by atoms with Crippen molar-refractivity contribution in [2.75, 3.05) is 10.8 Å². The molecular weight excluding hydrogens is 650 g/mol. The highest BCUT2D eigenvalue weighted by Gasteiger charge is 2.35. The molecule has 0 fully saturated rings. The van der Waals surface area contributed by atoms with Gasteiger partial charge in [-0.05, 0) is 93.3 Å². The molecule has 0 aromatic heterocycles. The van der Waals surface area contributed by atoms with Crippen molar-refractivity contribution in [3.8, 4) is 0 Å². The number of rotatable bonds is 11. The number of amides is 2. The van der Waals surface area contributed by atoms with E-state index in [-0.39, 0.29) is 23.8 Å². The number of anilines is 1. The van der Waals surface area contributed by atoms with Crippen LogP contribution in [0, 0.1) is 13.8 Å². The predicted octanol–water partition coefficient (Wildman–Crippen LogP) is 6.82. The lowest BCUT2D eigenvalue weighted by atomic mass is 10.0. The zero-order chi connectivity index (χ0) is 32.8. The summed E-state index contributed by atoms with van der Waals surface area (Å²) in [5, 5.41) is 3.05. The molecule has 0 aliphatic rings. The fourth-order valence-electron chi connectivity index (χ4n) is 5.14. The minimum atomic E-state index is -4.15. The number of hydrogen-bond acceptors (Lipinski definition) is 4. The first kappa shape index (κ1) is 33.9. The minimum absolute atomic E-state index is 0.0720. The van der Waals surface area contributed by atoms with Gasteiger partial charge in [0.15, 0.2) is 0 Å². The Hall–Kier alpha value is -3.95. The highest BCUT2D eigenvalue weighted by Crippen LogP contribution is 2.27. The molecule has 2 amide bonds. The van der Waals surface area contributed by atoms with E-state index in [1.54, 1.807) is 30.3 Å². The molecule has 4 aromatic carbocycles. The molecule has 1 atom stereocenters. The SMILES string of the molecule is Cc1cc(C)cc(N(CC(=O)N(Cc2ccc(Br)cc2)[C@H](Cc2ccccc2)C(=O)NC(C)(C)C)S(=O)(=O)c2ccccc2)c1. The van der Waals surface area contributed by atoms with Crippen LogP contribution in [0.5, 0.6) is 0 Å². The summed E-state index contributed by atoms with van der Waals surface area (Å²) in [6.45, 7) is 9.05. The third-order valence-electron chi connectivity index (χ3n) is 7.14. The summed E-state index contributed by atoms with van der Waals surface area (Å²) < 4.78 is 30.4. The van der Waals surface area contributed by atoms with Gasteiger partial charge in [-0.25, -0.2) is 8.42 Å². The van der Waals surface area contributed by atoms with Crippen LogP contribution in [0.1, 0.15) is 43.0 Å². The van der Waals surface area contributed by atoms with Gasteiger partial charge in [-0.1, -0.05) is 82.7 Å². The van der Waals surface area contributed by atoms with E-state index in [0.29, 0.717) is 5.69 Å². The minimum Gasteiger partial charge on any atom is -0.350 e. The summed E-state index contributed by atoms with van der Waals surface area (Å²) in [7, 11) is -4.15. The number of carbonyl (C=O) groups is 2. The molecule has 0 aliphatic heterocycles. The Balaban J connectivity index is 1.83. The van der Waals surface area contributed by atoms with Gasteiger partial charge in [0.05, 0.1) is 10.6 Å². The lowest BCUT2D eigenvalue weighted by molar-refractivity contribution is -0.140. The van der Waals surface area contributed by atoms with Crippen LogP contribution >= 0.6 is 15.9 Å². The fraction of sp³-hybridized carbons (Fsp3) is 0.278. The van der Waals surface area contributed by atoms with E-state index in [9.17, 15) is 18.0 Å². The average Bonchev–Trinajstić information content (AvgIpc) is 2.98. The first-order valence-corrected chi connectivity index (χ1v) is 17.0. The molecule has 0 aliphatic carbocycles. The zero-order valence-corrected chi connectivity index (χ0v) is 28.7. The van der Waals surface area contributed by atoms with Crippen LogP contribution in [-0.4, -0.2) is 43.3 Å². The van der Waals surface area contributed by atoms with E-state index in [2.05, 4.69) is 21.2 Å². The Morgan fingerprint density at radius 1 is 0.800 bits per heavy atom. The number of hydrogen-bond donors (Lipinski definition) is 1. The van der Waals surface area contributed by atoms with Gasteiger partial charge in [0.25, 0.3) is 10.0 Å². The van der Waals surface area contributed by atoms with Crippen molar-refractivity contribution in [1.82, 2.24) is 10.2 Å². The summed E-state index contributed by atoms with van der Waals surface area (Å²) in [5.41, 5.74) is 3.24. The molecule has 236 valence electrons. The van der Waals surface area contributed by atoms with Crippen LogP contribution < -0.4 is 9.62 Å². The lowest BCUT2D eigenvalue weighted by Gasteiger charge is -2.35. The maximum absolute atomic E-state index is 14.6. The average molecular weight is 691 g/mol. The number of aryl methyl sites for hydroxylation is 2. The van der Waals surface area contributed by atoms with Crippen LogP contribution in [0.4, 0.5) is 5.69 Å². The third-order valence-corrected chi connectivity index (χ3v) is 9.46. The van der Waals surface area contributed by atoms with Crippen LogP contribution in [0.15, 0.2) is 112 Å². The van der Waals surface area contributed by atoms with Crippen LogP contribution in [0.25, 0.3) is 0 Å². The van der Waals surface area contributed by atoms with Gasteiger partial charge in [0, 0.05) is 23.0 Å². The third kappa shape index (κ3) is 9.28. The molecule has 0 saturated heterocycles. The van der Waals surface area contributed by atoms with Crippen molar-refractivity contribution in [1.29, 1.82) is 0 Å². The number of nitrogens with one attached hydrogen (secondary N) is 1. The van der Waals surface area contributed by atoms with Gasteiger partial charge in [-0.15, -0.1) is 0 Å². The van der Waals surface area contributed by atoms with Crippen molar-refractivity contribution in [3.63, 3.8) is 0 Å². The summed E-state index contributed by atoms with van der Waals surface area (Å²) in [6, 6.07) is 29.7. The summed E-state index contributed by atoms with van der Waals surface area (Å²) in [5.74, 6) is -0.817. The van der Waals surface area contributed by atoms with Gasteiger partial charge in [0.1, 0.15) is 12.6 Å². The Bertz CT molecular complexity index is 1700. The van der Waals surface area contributed by atoms with Crippen molar-refractivity contribution in [2.45, 2.75) is 64.1 Å². The molecule has 0 unspecified atom stereocenters. The Morgan fingerprint density at radius 2 is 1.36 bits per heavy atom. The van der Waals surface area contributed by atoms with Crippen LogP contribution in [-0.2, 0) is 32.6 Å². The topological polar surface area (TPSA) is 86.8 Å². The Kier molecular flexibility index (Phi) is 10.9. The Morgan fingerprint density at radius 3 is 1.91 bits per heavy atom. The molecule has 1 N–H and O–H groups in total. The van der Waals surface area contributed by atoms with Crippen molar-refractivity contribution >= 4 is 43.5 Å². The molecule has 0 spiro atoms. The van der Waals surface area contributed by atoms with E-state index >= 15 is 0 Å². The Labute approximate surface area is 275 Å². The molecule has 45 heavy (non-hydrogen) atoms. The summed E-state index contributed by atoms with van der Waals surface area (Å²) >= 11 is 3.47. The molecule has 0 radical (unpaired) electrons. The van der Waals surface area contributed by atoms with E-state index in [1.807, 2.05) is 95.3 Å². The number of nitrogens with zero attached hydrogens (tertiary/aromatic N) is 2. The first-order valence-electron chi connectivity index (χ1n) is 14.8. The fourth-order valence-corrected chi connectivity index (χ4v) is 6.82. The highest BCUT2D eigenvalue weighted by atomic mass is 79.9. The predicted molar refractivity (Wildman–Crippen MR) is 183 cm³/mol. The van der Waals surface area contributed by atoms with Gasteiger partial charge >= 0.3 is 0 Å². The number of sulfonamides is 1. The highest BCUT2D eigenvalue weighted by molar-refractivity contribution is 9.10. The molecule has 9 heteroatoms. The molecule has 0 bridgehead atoms. The summed E-state index contributed by atoms with van der Waals surface area (Å²) in [4.78, 5) is 30.1. The second-order valence-electron chi connectivity index (χ2n) is 12.3. The maximum Gasteiger partial charge on any atom is 0.264 e. The van der Waals surface area contributed by atoms with E-state index in [4.69, 9.17) is 0 Å². The second-order valence-corrected chi connectivity index (χ2v) is 15.0. The smallest absolute Gasteiger partial charge is 0.264 e. The van der Waals surface area contributed by atoms with Gasteiger partial charge in [-0.3, -0.25) is 13.9 Å². The van der Waals surface area contributed by atoms with Gasteiger partial charge in [0.2, 0.25) is 11.8 Å². The van der Waals surface area contributed by atoms with E-state index in [1.165, 1.54) is 17.0 Å². The van der Waals surface area contributed by atoms with Crippen molar-refractivity contribution in [3.05, 3.63) is 130 Å². The molecule has 4 rings (SSSR count). The number of halogens is 1.